The van der Waals surface area contributed by atoms with Crippen LogP contribution in [0.4, 0.5) is 0 Å². The van der Waals surface area contributed by atoms with E-state index in [4.69, 9.17) is 9.26 Å². The van der Waals surface area contributed by atoms with Crippen molar-refractivity contribution in [3.05, 3.63) is 78.2 Å². The number of fused-ring (bicyclic) bond motifs is 1. The van der Waals surface area contributed by atoms with E-state index in [1.165, 1.54) is 0 Å². The molecule has 0 saturated carbocycles. The lowest BCUT2D eigenvalue weighted by Crippen LogP contribution is -2.30. The molecule has 1 unspecified atom stereocenters. The first-order valence-electron chi connectivity index (χ1n) is 10.0. The molecule has 6 nitrogen and oxygen atoms in total. The van der Waals surface area contributed by atoms with Crippen LogP contribution in [0.2, 0.25) is 0 Å². The van der Waals surface area contributed by atoms with Gasteiger partial charge in [-0.15, -0.1) is 0 Å². The summed E-state index contributed by atoms with van der Waals surface area (Å²) >= 11 is 0. The maximum Gasteiger partial charge on any atom is 0.255 e. The van der Waals surface area contributed by atoms with Gasteiger partial charge in [0.05, 0.1) is 7.11 Å². The molecular formula is C24H21N3O3. The molecule has 2 heterocycles. The number of amides is 1. The standard InChI is InChI=1S/C24H21N3O3/c1-29-18-10-4-9-17(15-18)22-25-23(30-26-22)21-13-6-14-27(21)24(28)20-12-5-8-16-7-2-3-11-19(16)20/h2-5,7-12,15,21H,6,13-14H2,1H3. The van der Waals surface area contributed by atoms with Gasteiger partial charge in [0, 0.05) is 17.7 Å². The van der Waals surface area contributed by atoms with Gasteiger partial charge in [-0.2, -0.15) is 4.98 Å². The zero-order valence-electron chi connectivity index (χ0n) is 16.6. The van der Waals surface area contributed by atoms with E-state index in [9.17, 15) is 4.79 Å². The van der Waals surface area contributed by atoms with Crippen LogP contribution in [0.15, 0.2) is 71.3 Å². The van der Waals surface area contributed by atoms with Gasteiger partial charge in [0.2, 0.25) is 11.7 Å². The van der Waals surface area contributed by atoms with Gasteiger partial charge in [0.1, 0.15) is 11.8 Å². The minimum absolute atomic E-state index is 0.00423. The molecule has 3 aromatic carbocycles. The van der Waals surface area contributed by atoms with Crippen LogP contribution >= 0.6 is 0 Å². The monoisotopic (exact) mass is 399 g/mol. The molecule has 0 spiro atoms. The molecule has 1 saturated heterocycles. The molecule has 1 aliphatic rings. The first kappa shape index (κ1) is 18.4. The van der Waals surface area contributed by atoms with Crippen LogP contribution in [0.25, 0.3) is 22.2 Å². The topological polar surface area (TPSA) is 68.5 Å². The Morgan fingerprint density at radius 1 is 1.10 bits per heavy atom. The second-order valence-electron chi connectivity index (χ2n) is 7.37. The lowest BCUT2D eigenvalue weighted by molar-refractivity contribution is 0.0712. The number of ether oxygens (including phenoxy) is 1. The molecule has 5 rings (SSSR count). The summed E-state index contributed by atoms with van der Waals surface area (Å²) in [4.78, 5) is 19.9. The molecule has 1 aliphatic heterocycles. The number of nitrogens with zero attached hydrogens (tertiary/aromatic N) is 3. The van der Waals surface area contributed by atoms with Gasteiger partial charge in [0.15, 0.2) is 0 Å². The Hall–Kier alpha value is -3.67. The smallest absolute Gasteiger partial charge is 0.255 e. The van der Waals surface area contributed by atoms with Crippen molar-refractivity contribution in [3.8, 4) is 17.1 Å². The van der Waals surface area contributed by atoms with Crippen LogP contribution in [-0.4, -0.2) is 34.6 Å². The molecule has 0 bridgehead atoms. The Balaban J connectivity index is 1.45. The lowest BCUT2D eigenvalue weighted by atomic mass is 10.0. The molecule has 1 atom stereocenters. The van der Waals surface area contributed by atoms with Crippen LogP contribution in [0.3, 0.4) is 0 Å². The number of aromatic nitrogens is 2. The Morgan fingerprint density at radius 2 is 1.93 bits per heavy atom. The van der Waals surface area contributed by atoms with E-state index in [0.29, 0.717) is 23.8 Å². The average Bonchev–Trinajstić information content (AvgIpc) is 3.48. The molecule has 0 aliphatic carbocycles. The summed E-state index contributed by atoms with van der Waals surface area (Å²) in [5.74, 6) is 1.69. The predicted molar refractivity (Wildman–Crippen MR) is 113 cm³/mol. The summed E-state index contributed by atoms with van der Waals surface area (Å²) < 4.78 is 10.9. The highest BCUT2D eigenvalue weighted by Gasteiger charge is 2.35. The second kappa shape index (κ2) is 7.63. The predicted octanol–water partition coefficient (Wildman–Crippen LogP) is 4.88. The summed E-state index contributed by atoms with van der Waals surface area (Å²) in [6.45, 7) is 0.670. The van der Waals surface area contributed by atoms with Gasteiger partial charge in [-0.25, -0.2) is 0 Å². The first-order valence-corrected chi connectivity index (χ1v) is 10.0. The van der Waals surface area contributed by atoms with Crippen LogP contribution in [-0.2, 0) is 0 Å². The average molecular weight is 399 g/mol. The third-order valence-corrected chi connectivity index (χ3v) is 5.59. The van der Waals surface area contributed by atoms with Crippen molar-refractivity contribution in [2.24, 2.45) is 0 Å². The fourth-order valence-electron chi connectivity index (χ4n) is 4.08. The highest BCUT2D eigenvalue weighted by molar-refractivity contribution is 6.07. The van der Waals surface area contributed by atoms with Gasteiger partial charge < -0.3 is 14.2 Å². The molecule has 30 heavy (non-hydrogen) atoms. The SMILES string of the molecule is COc1cccc(-c2noc(C3CCCN3C(=O)c3cccc4ccccc34)n2)c1. The van der Waals surface area contributed by atoms with Crippen LogP contribution in [0, 0.1) is 0 Å². The number of likely N-dealkylation sites (tertiary alicyclic amines) is 1. The fourth-order valence-corrected chi connectivity index (χ4v) is 4.08. The number of carbonyl (C=O) groups excluding carboxylic acids is 1. The molecular weight excluding hydrogens is 378 g/mol. The third kappa shape index (κ3) is 3.20. The summed E-state index contributed by atoms with van der Waals surface area (Å²) in [5, 5.41) is 6.15. The van der Waals surface area contributed by atoms with Crippen molar-refractivity contribution < 1.29 is 14.1 Å². The number of hydrogen-bond donors (Lipinski definition) is 0. The van der Waals surface area contributed by atoms with Gasteiger partial charge in [-0.05, 0) is 41.8 Å². The van der Waals surface area contributed by atoms with Crippen LogP contribution in [0.5, 0.6) is 5.75 Å². The minimum atomic E-state index is -0.219. The van der Waals surface area contributed by atoms with Crippen molar-refractivity contribution in [1.29, 1.82) is 0 Å². The number of hydrogen-bond acceptors (Lipinski definition) is 5. The van der Waals surface area contributed by atoms with Gasteiger partial charge >= 0.3 is 0 Å². The molecule has 4 aromatic rings. The Morgan fingerprint density at radius 3 is 2.83 bits per heavy atom. The van der Waals surface area contributed by atoms with Gasteiger partial charge in [0.25, 0.3) is 5.91 Å². The lowest BCUT2D eigenvalue weighted by Gasteiger charge is -2.22. The quantitative estimate of drug-likeness (QED) is 0.489. The maximum atomic E-state index is 13.4. The van der Waals surface area contributed by atoms with E-state index < -0.39 is 0 Å². The van der Waals surface area contributed by atoms with E-state index >= 15 is 0 Å². The largest absolute Gasteiger partial charge is 0.497 e. The van der Waals surface area contributed by atoms with Gasteiger partial charge in [-0.1, -0.05) is 53.7 Å². The minimum Gasteiger partial charge on any atom is -0.497 e. The molecule has 1 amide bonds. The molecule has 0 radical (unpaired) electrons. The Kier molecular flexibility index (Phi) is 4.67. The first-order chi connectivity index (χ1) is 14.7. The Labute approximate surface area is 174 Å². The van der Waals surface area contributed by atoms with E-state index in [-0.39, 0.29) is 11.9 Å². The zero-order chi connectivity index (χ0) is 20.5. The molecule has 1 aromatic heterocycles. The summed E-state index contributed by atoms with van der Waals surface area (Å²) in [6.07, 6.45) is 1.70. The number of methoxy groups -OCH3 is 1. The number of rotatable bonds is 4. The van der Waals surface area contributed by atoms with E-state index in [2.05, 4.69) is 10.1 Å². The summed E-state index contributed by atoms with van der Waals surface area (Å²) in [5.41, 5.74) is 1.52. The normalized spacial score (nSPS) is 16.2. The second-order valence-corrected chi connectivity index (χ2v) is 7.37. The molecule has 6 heteroatoms. The third-order valence-electron chi connectivity index (χ3n) is 5.59. The van der Waals surface area contributed by atoms with E-state index in [1.54, 1.807) is 7.11 Å². The zero-order valence-corrected chi connectivity index (χ0v) is 16.6. The van der Waals surface area contributed by atoms with Crippen LogP contribution < -0.4 is 4.74 Å². The van der Waals surface area contributed by atoms with Crippen molar-refractivity contribution in [2.45, 2.75) is 18.9 Å². The summed E-state index contributed by atoms with van der Waals surface area (Å²) in [6, 6.07) is 21.1. The van der Waals surface area contributed by atoms with Crippen molar-refractivity contribution in [1.82, 2.24) is 15.0 Å². The van der Waals surface area contributed by atoms with Crippen molar-refractivity contribution >= 4 is 16.7 Å². The highest BCUT2D eigenvalue weighted by atomic mass is 16.5. The number of benzene rings is 3. The van der Waals surface area contributed by atoms with Crippen molar-refractivity contribution in [2.75, 3.05) is 13.7 Å². The summed E-state index contributed by atoms with van der Waals surface area (Å²) in [7, 11) is 1.62. The maximum absolute atomic E-state index is 13.4. The Bertz CT molecular complexity index is 1210. The molecule has 1 fully saturated rings. The van der Waals surface area contributed by atoms with Crippen molar-refractivity contribution in [3.63, 3.8) is 0 Å². The van der Waals surface area contributed by atoms with E-state index in [1.807, 2.05) is 71.6 Å². The van der Waals surface area contributed by atoms with Gasteiger partial charge in [-0.3, -0.25) is 4.79 Å². The molecule has 0 N–H and O–H groups in total. The molecule has 150 valence electrons. The highest BCUT2D eigenvalue weighted by Crippen LogP contribution is 2.34. The number of carbonyl (C=O) groups is 1. The van der Waals surface area contributed by atoms with Crippen LogP contribution in [0.1, 0.15) is 35.1 Å². The fraction of sp³-hybridized carbons (Fsp3) is 0.208. The van der Waals surface area contributed by atoms with E-state index in [0.717, 1.165) is 34.9 Å².